The number of rotatable bonds is 4. The van der Waals surface area contributed by atoms with Crippen LogP contribution < -0.4 is 0 Å². The first-order valence-corrected chi connectivity index (χ1v) is 6.17. The molecule has 0 aromatic heterocycles. The summed E-state index contributed by atoms with van der Waals surface area (Å²) in [6.07, 6.45) is 2.89. The minimum Gasteiger partial charge on any atom is -0.466 e. The molecule has 0 aliphatic carbocycles. The summed E-state index contributed by atoms with van der Waals surface area (Å²) in [6, 6.07) is 16.2. The minimum absolute atomic E-state index is 0.0734. The van der Waals surface area contributed by atoms with E-state index in [2.05, 4.69) is 4.74 Å². The highest BCUT2D eigenvalue weighted by atomic mass is 16.5. The number of esters is 1. The Morgan fingerprint density at radius 2 is 1.60 bits per heavy atom. The summed E-state index contributed by atoms with van der Waals surface area (Å²) in [5, 5.41) is 0. The zero-order chi connectivity index (χ0) is 14.4. The van der Waals surface area contributed by atoms with Crippen molar-refractivity contribution in [3.8, 4) is 0 Å². The van der Waals surface area contributed by atoms with Crippen LogP contribution in [0.25, 0.3) is 6.08 Å². The lowest BCUT2D eigenvalue weighted by atomic mass is 9.98. The van der Waals surface area contributed by atoms with E-state index < -0.39 is 5.97 Å². The third kappa shape index (κ3) is 3.20. The molecule has 0 amide bonds. The summed E-state index contributed by atoms with van der Waals surface area (Å²) in [7, 11) is 1.31. The van der Waals surface area contributed by atoms with Gasteiger partial charge in [0, 0.05) is 17.2 Å². The predicted octanol–water partition coefficient (Wildman–Crippen LogP) is 3.10. The standard InChI is InChI=1S/C17H14O3/c1-20-16(18)12-11-13-7-5-6-10-15(13)17(19)14-8-3-2-4-9-14/h2-12H,1H3/b12-11+. The summed E-state index contributed by atoms with van der Waals surface area (Å²) < 4.78 is 4.55. The van der Waals surface area contributed by atoms with Crippen molar-refractivity contribution < 1.29 is 14.3 Å². The number of benzene rings is 2. The van der Waals surface area contributed by atoms with Crippen LogP contribution in [0.15, 0.2) is 60.7 Å². The molecule has 100 valence electrons. The van der Waals surface area contributed by atoms with E-state index in [0.717, 1.165) is 0 Å². The number of carbonyl (C=O) groups excluding carboxylic acids is 2. The summed E-state index contributed by atoms with van der Waals surface area (Å²) >= 11 is 0. The van der Waals surface area contributed by atoms with Gasteiger partial charge in [0.15, 0.2) is 5.78 Å². The van der Waals surface area contributed by atoms with Gasteiger partial charge < -0.3 is 4.74 Å². The van der Waals surface area contributed by atoms with Crippen LogP contribution in [-0.4, -0.2) is 18.9 Å². The molecule has 0 aliphatic rings. The molecule has 2 aromatic rings. The third-order valence-electron chi connectivity index (χ3n) is 2.84. The Kier molecular flexibility index (Phi) is 4.45. The third-order valence-corrected chi connectivity index (χ3v) is 2.84. The fourth-order valence-electron chi connectivity index (χ4n) is 1.82. The fraction of sp³-hybridized carbons (Fsp3) is 0.0588. The molecular formula is C17H14O3. The number of ketones is 1. The maximum absolute atomic E-state index is 12.4. The van der Waals surface area contributed by atoms with Crippen LogP contribution in [0, 0.1) is 0 Å². The molecule has 0 atom stereocenters. The predicted molar refractivity (Wildman–Crippen MR) is 77.4 cm³/mol. The van der Waals surface area contributed by atoms with Gasteiger partial charge in [-0.3, -0.25) is 4.79 Å². The molecule has 0 N–H and O–H groups in total. The summed E-state index contributed by atoms with van der Waals surface area (Å²) in [5.41, 5.74) is 1.86. The zero-order valence-electron chi connectivity index (χ0n) is 11.1. The van der Waals surface area contributed by atoms with E-state index in [-0.39, 0.29) is 5.78 Å². The van der Waals surface area contributed by atoms with E-state index >= 15 is 0 Å². The van der Waals surface area contributed by atoms with Gasteiger partial charge in [0.05, 0.1) is 7.11 Å². The maximum Gasteiger partial charge on any atom is 0.330 e. The Morgan fingerprint density at radius 3 is 2.30 bits per heavy atom. The topological polar surface area (TPSA) is 43.4 Å². The van der Waals surface area contributed by atoms with Crippen LogP contribution in [0.1, 0.15) is 21.5 Å². The molecule has 20 heavy (non-hydrogen) atoms. The molecule has 0 saturated carbocycles. The molecule has 0 heterocycles. The molecule has 2 aromatic carbocycles. The molecule has 2 rings (SSSR count). The van der Waals surface area contributed by atoms with Gasteiger partial charge in [0.25, 0.3) is 0 Å². The molecule has 3 nitrogen and oxygen atoms in total. The lowest BCUT2D eigenvalue weighted by Gasteiger charge is -2.05. The monoisotopic (exact) mass is 266 g/mol. The van der Waals surface area contributed by atoms with E-state index in [1.54, 1.807) is 36.4 Å². The first-order chi connectivity index (χ1) is 9.72. The Hall–Kier alpha value is -2.68. The van der Waals surface area contributed by atoms with Gasteiger partial charge in [-0.2, -0.15) is 0 Å². The largest absolute Gasteiger partial charge is 0.466 e. The van der Waals surface area contributed by atoms with Gasteiger partial charge in [-0.25, -0.2) is 4.79 Å². The number of carbonyl (C=O) groups is 2. The summed E-state index contributed by atoms with van der Waals surface area (Å²) in [5.74, 6) is -0.525. The number of ether oxygens (including phenoxy) is 1. The lowest BCUT2D eigenvalue weighted by molar-refractivity contribution is -0.134. The number of hydrogen-bond donors (Lipinski definition) is 0. The average molecular weight is 266 g/mol. The second-order valence-electron chi connectivity index (χ2n) is 4.14. The maximum atomic E-state index is 12.4. The highest BCUT2D eigenvalue weighted by Gasteiger charge is 2.11. The average Bonchev–Trinajstić information content (AvgIpc) is 2.53. The van der Waals surface area contributed by atoms with Gasteiger partial charge >= 0.3 is 5.97 Å². The van der Waals surface area contributed by atoms with E-state index in [9.17, 15) is 9.59 Å². The first-order valence-electron chi connectivity index (χ1n) is 6.17. The molecule has 3 heteroatoms. The van der Waals surface area contributed by atoms with Gasteiger partial charge in [-0.05, 0) is 11.6 Å². The molecule has 0 bridgehead atoms. The fourth-order valence-corrected chi connectivity index (χ4v) is 1.82. The van der Waals surface area contributed by atoms with Crippen molar-refractivity contribution in [2.45, 2.75) is 0 Å². The van der Waals surface area contributed by atoms with Crippen molar-refractivity contribution in [1.82, 2.24) is 0 Å². The van der Waals surface area contributed by atoms with Crippen LogP contribution >= 0.6 is 0 Å². The van der Waals surface area contributed by atoms with Crippen molar-refractivity contribution >= 4 is 17.8 Å². The highest BCUT2D eigenvalue weighted by Crippen LogP contribution is 2.16. The van der Waals surface area contributed by atoms with Crippen LogP contribution in [0.2, 0.25) is 0 Å². The van der Waals surface area contributed by atoms with E-state index in [1.807, 2.05) is 24.3 Å². The SMILES string of the molecule is COC(=O)/C=C/c1ccccc1C(=O)c1ccccc1. The minimum atomic E-state index is -0.452. The van der Waals surface area contributed by atoms with Gasteiger partial charge in [0.2, 0.25) is 0 Å². The molecule has 0 saturated heterocycles. The quantitative estimate of drug-likeness (QED) is 0.485. The molecule has 0 radical (unpaired) electrons. The Labute approximate surface area is 117 Å². The summed E-state index contributed by atoms with van der Waals surface area (Å²) in [4.78, 5) is 23.6. The molecule has 0 fully saturated rings. The van der Waals surface area contributed by atoms with E-state index in [0.29, 0.717) is 16.7 Å². The van der Waals surface area contributed by atoms with Crippen molar-refractivity contribution in [2.24, 2.45) is 0 Å². The van der Waals surface area contributed by atoms with E-state index in [1.165, 1.54) is 13.2 Å². The lowest BCUT2D eigenvalue weighted by Crippen LogP contribution is -2.03. The van der Waals surface area contributed by atoms with Crippen LogP contribution in [0.4, 0.5) is 0 Å². The second kappa shape index (κ2) is 6.48. The molecular weight excluding hydrogens is 252 g/mol. The van der Waals surface area contributed by atoms with E-state index in [4.69, 9.17) is 0 Å². The number of methoxy groups -OCH3 is 1. The molecule has 0 unspecified atom stereocenters. The van der Waals surface area contributed by atoms with Crippen LogP contribution in [-0.2, 0) is 9.53 Å². The number of hydrogen-bond acceptors (Lipinski definition) is 3. The Balaban J connectivity index is 2.35. The normalized spacial score (nSPS) is 10.4. The Morgan fingerprint density at radius 1 is 0.950 bits per heavy atom. The zero-order valence-corrected chi connectivity index (χ0v) is 11.1. The molecule has 0 spiro atoms. The van der Waals surface area contributed by atoms with Crippen molar-refractivity contribution in [3.05, 3.63) is 77.4 Å². The van der Waals surface area contributed by atoms with Crippen molar-refractivity contribution in [1.29, 1.82) is 0 Å². The Bertz CT molecular complexity index is 642. The highest BCUT2D eigenvalue weighted by molar-refractivity contribution is 6.11. The second-order valence-corrected chi connectivity index (χ2v) is 4.14. The molecule has 0 aliphatic heterocycles. The summed E-state index contributed by atoms with van der Waals surface area (Å²) in [6.45, 7) is 0. The smallest absolute Gasteiger partial charge is 0.330 e. The van der Waals surface area contributed by atoms with Crippen LogP contribution in [0.3, 0.4) is 0 Å². The van der Waals surface area contributed by atoms with Gasteiger partial charge in [-0.1, -0.05) is 54.6 Å². The van der Waals surface area contributed by atoms with Crippen molar-refractivity contribution in [3.63, 3.8) is 0 Å². The first kappa shape index (κ1) is 13.7. The van der Waals surface area contributed by atoms with Gasteiger partial charge in [0.1, 0.15) is 0 Å². The van der Waals surface area contributed by atoms with Gasteiger partial charge in [-0.15, -0.1) is 0 Å². The van der Waals surface area contributed by atoms with Crippen LogP contribution in [0.5, 0.6) is 0 Å². The van der Waals surface area contributed by atoms with Crippen molar-refractivity contribution in [2.75, 3.05) is 7.11 Å².